The molecule has 0 saturated heterocycles. The van der Waals surface area contributed by atoms with Crippen molar-refractivity contribution in [3.63, 3.8) is 0 Å². The van der Waals surface area contributed by atoms with Gasteiger partial charge in [0, 0.05) is 17.1 Å². The number of amides is 1. The minimum absolute atomic E-state index is 0.00225. The zero-order valence-electron chi connectivity index (χ0n) is 18.0. The van der Waals surface area contributed by atoms with Crippen LogP contribution in [0.15, 0.2) is 21.0 Å². The molecule has 0 aliphatic carbocycles. The number of thiazole rings is 1. The van der Waals surface area contributed by atoms with E-state index in [1.54, 1.807) is 13.8 Å². The van der Waals surface area contributed by atoms with Crippen molar-refractivity contribution >= 4 is 28.1 Å². The minimum atomic E-state index is -1.27. The van der Waals surface area contributed by atoms with Crippen LogP contribution in [0.25, 0.3) is 0 Å². The van der Waals surface area contributed by atoms with E-state index in [0.29, 0.717) is 20.3 Å². The van der Waals surface area contributed by atoms with Crippen molar-refractivity contribution in [1.82, 2.24) is 4.98 Å². The molecule has 2 aromatic rings. The Morgan fingerprint density at radius 1 is 1.40 bits per heavy atom. The fraction of sp³-hybridized carbons (Fsp3) is 0.476. The Morgan fingerprint density at radius 3 is 2.50 bits per heavy atom. The average molecular weight is 451 g/mol. The van der Waals surface area contributed by atoms with Gasteiger partial charge in [0.25, 0.3) is 5.91 Å². The highest BCUT2D eigenvalue weighted by atomic mass is 32.2. The van der Waals surface area contributed by atoms with Crippen LogP contribution in [-0.2, 0) is 27.7 Å². The third-order valence-corrected chi connectivity index (χ3v) is 7.29. The Bertz CT molecular complexity index is 1030. The van der Waals surface area contributed by atoms with Gasteiger partial charge >= 0.3 is 0 Å². The second-order valence-corrected chi connectivity index (χ2v) is 10.7. The van der Waals surface area contributed by atoms with Gasteiger partial charge in [0.2, 0.25) is 0 Å². The predicted molar refractivity (Wildman–Crippen MR) is 118 cm³/mol. The van der Waals surface area contributed by atoms with E-state index < -0.39 is 28.2 Å². The van der Waals surface area contributed by atoms with Gasteiger partial charge in [-0.2, -0.15) is 9.62 Å². The van der Waals surface area contributed by atoms with Gasteiger partial charge in [-0.3, -0.25) is 9.93 Å². The van der Waals surface area contributed by atoms with E-state index in [-0.39, 0.29) is 23.8 Å². The van der Waals surface area contributed by atoms with Gasteiger partial charge < -0.3 is 5.11 Å². The van der Waals surface area contributed by atoms with Crippen molar-refractivity contribution in [2.75, 3.05) is 0 Å². The lowest BCUT2D eigenvalue weighted by molar-refractivity contribution is -0.117. The van der Waals surface area contributed by atoms with Crippen LogP contribution in [0.2, 0.25) is 0 Å². The second kappa shape index (κ2) is 9.43. The smallest absolute Gasteiger partial charge is 0.257 e. The number of hydrogen-bond donors (Lipinski definition) is 2. The van der Waals surface area contributed by atoms with Crippen molar-refractivity contribution in [1.29, 1.82) is 5.26 Å². The first kappa shape index (κ1) is 24.3. The molecule has 1 heterocycles. The Morgan fingerprint density at radius 2 is 2.03 bits per heavy atom. The molecule has 2 rings (SSSR count). The molecule has 0 bridgehead atoms. The van der Waals surface area contributed by atoms with Crippen LogP contribution in [0.5, 0.6) is 0 Å². The van der Waals surface area contributed by atoms with Crippen LogP contribution < -0.4 is 5.14 Å². The summed E-state index contributed by atoms with van der Waals surface area (Å²) in [6.07, 6.45) is 1.42. The summed E-state index contributed by atoms with van der Waals surface area (Å²) in [5.74, 6) is -1.26. The van der Waals surface area contributed by atoms with Crippen LogP contribution >= 0.6 is 11.3 Å². The van der Waals surface area contributed by atoms with E-state index in [1.165, 1.54) is 23.6 Å². The van der Waals surface area contributed by atoms with E-state index in [4.69, 9.17) is 5.14 Å². The van der Waals surface area contributed by atoms with Crippen LogP contribution in [-0.4, -0.2) is 16.0 Å². The monoisotopic (exact) mass is 450 g/mol. The summed E-state index contributed by atoms with van der Waals surface area (Å²) in [4.78, 5) is 17.5. The summed E-state index contributed by atoms with van der Waals surface area (Å²) in [6, 6.07) is 3.43. The summed E-state index contributed by atoms with van der Waals surface area (Å²) < 4.78 is 19.4. The first-order valence-electron chi connectivity index (χ1n) is 9.54. The summed E-state index contributed by atoms with van der Waals surface area (Å²) in [6.45, 7) is 10.8. The highest BCUT2D eigenvalue weighted by Gasteiger charge is 2.24. The third-order valence-electron chi connectivity index (χ3n) is 4.56. The lowest BCUT2D eigenvalue weighted by Crippen LogP contribution is -2.14. The number of rotatable bonds is 6. The van der Waals surface area contributed by atoms with Crippen LogP contribution in [0, 0.1) is 17.1 Å². The minimum Gasteiger partial charge on any atom is -0.385 e. The normalized spacial score (nSPS) is 13.1. The molecule has 3 N–H and O–H groups in total. The number of halogens is 1. The molecule has 0 fully saturated rings. The topological polar surface area (TPSA) is 112 Å². The van der Waals surface area contributed by atoms with E-state index >= 15 is 0 Å². The summed E-state index contributed by atoms with van der Waals surface area (Å²) in [5.41, 5.74) is 0.629. The molecule has 0 radical (unpaired) electrons. The fourth-order valence-electron chi connectivity index (χ4n) is 3.10. The molecule has 6 nitrogen and oxygen atoms in total. The Hall–Kier alpha value is -1.99. The SMILES string of the molecule is CC(C)c1cc(C#N)c(F)c(C(C)C)c1CC(=O)/N=S(/N)c1ncc(C(C)(C)O)s1. The number of aromatic nitrogens is 1. The maximum absolute atomic E-state index is 14.9. The molecule has 30 heavy (non-hydrogen) atoms. The molecule has 1 amide bonds. The summed E-state index contributed by atoms with van der Waals surface area (Å²) in [7, 11) is -1.27. The summed E-state index contributed by atoms with van der Waals surface area (Å²) >= 11 is 1.20. The van der Waals surface area contributed by atoms with Crippen LogP contribution in [0.3, 0.4) is 0 Å². The van der Waals surface area contributed by atoms with Gasteiger partial charge in [0.15, 0.2) is 4.34 Å². The third kappa shape index (κ3) is 5.38. The molecule has 162 valence electrons. The maximum atomic E-state index is 14.9. The van der Waals surface area contributed by atoms with Crippen molar-refractivity contribution in [3.05, 3.63) is 45.2 Å². The van der Waals surface area contributed by atoms with E-state index in [1.807, 2.05) is 33.8 Å². The lowest BCUT2D eigenvalue weighted by atomic mass is 9.85. The maximum Gasteiger partial charge on any atom is 0.257 e. The van der Waals surface area contributed by atoms with Gasteiger partial charge in [-0.1, -0.05) is 27.7 Å². The number of benzene rings is 1. The first-order valence-corrected chi connectivity index (χ1v) is 11.6. The molecule has 1 aromatic heterocycles. The second-order valence-electron chi connectivity index (χ2n) is 8.17. The highest BCUT2D eigenvalue weighted by molar-refractivity contribution is 7.87. The Labute approximate surface area is 183 Å². The molecule has 0 aliphatic rings. The van der Waals surface area contributed by atoms with E-state index in [9.17, 15) is 19.6 Å². The Kier molecular flexibility index (Phi) is 7.64. The van der Waals surface area contributed by atoms with E-state index in [2.05, 4.69) is 9.35 Å². The van der Waals surface area contributed by atoms with Gasteiger partial charge in [-0.15, -0.1) is 11.3 Å². The number of aliphatic hydroxyl groups is 1. The molecular formula is C21H27FN4O2S2. The van der Waals surface area contributed by atoms with Gasteiger partial charge in [-0.05, 0) is 48.4 Å². The molecule has 1 aromatic carbocycles. The molecule has 0 saturated carbocycles. The molecule has 1 unspecified atom stereocenters. The highest BCUT2D eigenvalue weighted by Crippen LogP contribution is 2.33. The average Bonchev–Trinajstić information content (AvgIpc) is 3.11. The van der Waals surface area contributed by atoms with Crippen molar-refractivity contribution in [2.24, 2.45) is 9.50 Å². The van der Waals surface area contributed by atoms with Gasteiger partial charge in [-0.25, -0.2) is 9.37 Å². The van der Waals surface area contributed by atoms with Gasteiger partial charge in [0.1, 0.15) is 11.9 Å². The van der Waals surface area contributed by atoms with Crippen LogP contribution in [0.1, 0.15) is 80.5 Å². The van der Waals surface area contributed by atoms with Crippen molar-refractivity contribution in [2.45, 2.75) is 69.7 Å². The van der Waals surface area contributed by atoms with Gasteiger partial charge in [0.05, 0.1) is 22.5 Å². The number of nitriles is 1. The molecule has 0 aliphatic heterocycles. The Balaban J connectivity index is 2.45. The largest absolute Gasteiger partial charge is 0.385 e. The fourth-order valence-corrected chi connectivity index (χ4v) is 5.00. The lowest BCUT2D eigenvalue weighted by Gasteiger charge is -2.20. The van der Waals surface area contributed by atoms with Crippen molar-refractivity contribution < 1.29 is 14.3 Å². The van der Waals surface area contributed by atoms with Crippen molar-refractivity contribution in [3.8, 4) is 6.07 Å². The zero-order valence-corrected chi connectivity index (χ0v) is 19.6. The standard InChI is InChI=1S/C21H27FN4O2S2/c1-11(2)14-7-13(9-23)19(22)18(12(3)4)15(14)8-17(27)26-30(24)20-25-10-16(29-20)21(5,6)28/h7,10-12,28H,8H2,1-6H3,(H2,24,26,27). The number of carbonyl (C=O) groups is 1. The number of hydrogen-bond acceptors (Lipinski definition) is 5. The summed E-state index contributed by atoms with van der Waals surface area (Å²) in [5, 5.41) is 25.4. The molecular weight excluding hydrogens is 423 g/mol. The predicted octanol–water partition coefficient (Wildman–Crippen LogP) is 4.43. The first-order chi connectivity index (χ1) is 13.9. The molecule has 1 atom stereocenters. The number of carbonyl (C=O) groups excluding carboxylic acids is 1. The number of nitrogens with zero attached hydrogens (tertiary/aromatic N) is 3. The number of nitrogens with two attached hydrogens (primary N) is 1. The quantitative estimate of drug-likeness (QED) is 0.676. The molecule has 9 heteroatoms. The molecule has 0 spiro atoms. The van der Waals surface area contributed by atoms with E-state index in [0.717, 1.165) is 5.56 Å². The van der Waals surface area contributed by atoms with Crippen LogP contribution in [0.4, 0.5) is 4.39 Å². The zero-order chi connectivity index (χ0) is 22.8.